The van der Waals surface area contributed by atoms with Crippen LogP contribution in [0.4, 0.5) is 4.39 Å². The van der Waals surface area contributed by atoms with E-state index in [1.165, 1.54) is 12.3 Å². The average molecular weight is 341 g/mol. The first-order valence-corrected chi connectivity index (χ1v) is 7.85. The summed E-state index contributed by atoms with van der Waals surface area (Å²) in [6, 6.07) is 10.9. The predicted molar refractivity (Wildman–Crippen MR) is 91.7 cm³/mol. The maximum Gasteiger partial charge on any atom is 0.343 e. The summed E-state index contributed by atoms with van der Waals surface area (Å²) < 4.78 is 24.8. The van der Waals surface area contributed by atoms with Gasteiger partial charge in [0.25, 0.3) is 0 Å². The smallest absolute Gasteiger partial charge is 0.343 e. The van der Waals surface area contributed by atoms with E-state index in [0.717, 1.165) is 12.5 Å². The second-order valence-corrected chi connectivity index (χ2v) is 5.38. The number of hydrogen-bond donors (Lipinski definition) is 1. The van der Waals surface area contributed by atoms with Crippen molar-refractivity contribution in [1.82, 2.24) is 4.98 Å². The zero-order chi connectivity index (χ0) is 17.8. The molecule has 0 radical (unpaired) electrons. The zero-order valence-electron chi connectivity index (χ0n) is 13.5. The topological polar surface area (TPSA) is 68.4 Å². The second kappa shape index (κ2) is 7.17. The summed E-state index contributed by atoms with van der Waals surface area (Å²) in [5.74, 6) is -1.30. The maximum absolute atomic E-state index is 14.2. The number of H-pyrrole nitrogens is 1. The first-order chi connectivity index (χ1) is 12.1. The molecule has 1 heterocycles. The number of hydrogen-bond acceptors (Lipinski definition) is 4. The standard InChI is InChI=1S/C19H16FNO4/c1-2-10-24-14-9-8-13(20)16-17(14)21-11-15(18(16)22)25-19(23)12-6-4-3-5-7-12/h3-9,11H,2,10H2,1H3,(H,21,22). The molecule has 0 aliphatic carbocycles. The molecule has 3 aromatic rings. The molecule has 0 bridgehead atoms. The van der Waals surface area contributed by atoms with Crippen LogP contribution in [0.3, 0.4) is 0 Å². The third-order valence-corrected chi connectivity index (χ3v) is 3.59. The average Bonchev–Trinajstić information content (AvgIpc) is 2.64. The molecule has 25 heavy (non-hydrogen) atoms. The highest BCUT2D eigenvalue weighted by Gasteiger charge is 2.17. The van der Waals surface area contributed by atoms with Crippen molar-refractivity contribution in [2.24, 2.45) is 0 Å². The van der Waals surface area contributed by atoms with E-state index >= 15 is 0 Å². The minimum atomic E-state index is -0.711. The quantitative estimate of drug-likeness (QED) is 0.719. The Hall–Kier alpha value is -3.15. The lowest BCUT2D eigenvalue weighted by Gasteiger charge is -2.10. The van der Waals surface area contributed by atoms with E-state index in [9.17, 15) is 14.0 Å². The molecule has 0 saturated heterocycles. The van der Waals surface area contributed by atoms with Crippen molar-refractivity contribution in [3.63, 3.8) is 0 Å². The number of aromatic nitrogens is 1. The van der Waals surface area contributed by atoms with Crippen LogP contribution in [0.15, 0.2) is 53.5 Å². The third kappa shape index (κ3) is 3.38. The minimum Gasteiger partial charge on any atom is -0.491 e. The summed E-state index contributed by atoms with van der Waals surface area (Å²) in [6.07, 6.45) is 2.01. The lowest BCUT2D eigenvalue weighted by molar-refractivity contribution is 0.0732. The van der Waals surface area contributed by atoms with Crippen LogP contribution < -0.4 is 14.9 Å². The lowest BCUT2D eigenvalue weighted by atomic mass is 10.2. The predicted octanol–water partition coefficient (Wildman–Crippen LogP) is 3.68. The van der Waals surface area contributed by atoms with Crippen molar-refractivity contribution in [3.05, 3.63) is 70.3 Å². The van der Waals surface area contributed by atoms with Crippen molar-refractivity contribution in [2.75, 3.05) is 6.61 Å². The molecule has 2 aromatic carbocycles. The van der Waals surface area contributed by atoms with Gasteiger partial charge >= 0.3 is 5.97 Å². The number of rotatable bonds is 5. The molecule has 1 aromatic heterocycles. The number of nitrogens with one attached hydrogen (secondary N) is 1. The number of carbonyl (C=O) groups is 1. The number of halogens is 1. The maximum atomic E-state index is 14.2. The zero-order valence-corrected chi connectivity index (χ0v) is 13.5. The molecule has 6 heteroatoms. The van der Waals surface area contributed by atoms with Gasteiger partial charge in [0.1, 0.15) is 11.6 Å². The lowest BCUT2D eigenvalue weighted by Crippen LogP contribution is -2.16. The molecule has 0 spiro atoms. The Morgan fingerprint density at radius 1 is 1.12 bits per heavy atom. The first kappa shape index (κ1) is 16.7. The number of ether oxygens (including phenoxy) is 2. The van der Waals surface area contributed by atoms with Gasteiger partial charge in [-0.2, -0.15) is 0 Å². The summed E-state index contributed by atoms with van der Waals surface area (Å²) in [5.41, 5.74) is -0.182. The number of pyridine rings is 1. The summed E-state index contributed by atoms with van der Waals surface area (Å²) in [4.78, 5) is 27.4. The van der Waals surface area contributed by atoms with E-state index in [-0.39, 0.29) is 16.7 Å². The largest absolute Gasteiger partial charge is 0.491 e. The molecular formula is C19H16FNO4. The van der Waals surface area contributed by atoms with Gasteiger partial charge in [-0.1, -0.05) is 25.1 Å². The Bertz CT molecular complexity index is 966. The second-order valence-electron chi connectivity index (χ2n) is 5.38. The summed E-state index contributed by atoms with van der Waals surface area (Å²) in [5, 5.41) is -0.202. The van der Waals surface area contributed by atoms with E-state index in [0.29, 0.717) is 17.9 Å². The van der Waals surface area contributed by atoms with Crippen molar-refractivity contribution in [2.45, 2.75) is 13.3 Å². The van der Waals surface area contributed by atoms with Crippen LogP contribution in [0.5, 0.6) is 11.5 Å². The molecule has 1 N–H and O–H groups in total. The van der Waals surface area contributed by atoms with Crippen LogP contribution in [-0.4, -0.2) is 17.6 Å². The Balaban J connectivity index is 2.01. The van der Waals surface area contributed by atoms with Crippen LogP contribution in [0.25, 0.3) is 10.9 Å². The molecule has 128 valence electrons. The molecule has 0 fully saturated rings. The van der Waals surface area contributed by atoms with Crippen LogP contribution >= 0.6 is 0 Å². The highest BCUT2D eigenvalue weighted by Crippen LogP contribution is 2.25. The molecular weight excluding hydrogens is 325 g/mol. The van der Waals surface area contributed by atoms with Gasteiger partial charge in [-0.05, 0) is 30.7 Å². The third-order valence-electron chi connectivity index (χ3n) is 3.59. The van der Waals surface area contributed by atoms with Gasteiger partial charge in [0.2, 0.25) is 5.43 Å². The number of fused-ring (bicyclic) bond motifs is 1. The molecule has 0 aliphatic rings. The van der Waals surface area contributed by atoms with Crippen LogP contribution in [0.2, 0.25) is 0 Å². The van der Waals surface area contributed by atoms with Crippen LogP contribution in [-0.2, 0) is 0 Å². The monoisotopic (exact) mass is 341 g/mol. The fourth-order valence-electron chi connectivity index (χ4n) is 2.39. The number of carbonyl (C=O) groups excluding carboxylic acids is 1. The number of benzene rings is 2. The Labute approximate surface area is 143 Å². The van der Waals surface area contributed by atoms with Gasteiger partial charge in [0.05, 0.1) is 23.1 Å². The number of esters is 1. The Morgan fingerprint density at radius 2 is 1.88 bits per heavy atom. The van der Waals surface area contributed by atoms with Crippen molar-refractivity contribution in [1.29, 1.82) is 0 Å². The van der Waals surface area contributed by atoms with Gasteiger partial charge in [-0.25, -0.2) is 9.18 Å². The summed E-state index contributed by atoms with van der Waals surface area (Å²) in [7, 11) is 0. The van der Waals surface area contributed by atoms with E-state index in [1.54, 1.807) is 30.3 Å². The molecule has 5 nitrogen and oxygen atoms in total. The molecule has 3 rings (SSSR count). The molecule has 0 aliphatic heterocycles. The van der Waals surface area contributed by atoms with E-state index in [2.05, 4.69) is 4.98 Å². The SMILES string of the molecule is CCCOc1ccc(F)c2c(=O)c(OC(=O)c3ccccc3)c[nH]c12. The molecule has 0 atom stereocenters. The fraction of sp³-hybridized carbons (Fsp3) is 0.158. The Kier molecular flexibility index (Phi) is 4.79. The summed E-state index contributed by atoms with van der Waals surface area (Å²) >= 11 is 0. The molecule has 0 amide bonds. The highest BCUT2D eigenvalue weighted by atomic mass is 19.1. The van der Waals surface area contributed by atoms with Gasteiger partial charge in [0, 0.05) is 6.20 Å². The van der Waals surface area contributed by atoms with Crippen LogP contribution in [0, 0.1) is 5.82 Å². The fourth-order valence-corrected chi connectivity index (χ4v) is 2.39. The first-order valence-electron chi connectivity index (χ1n) is 7.85. The van der Waals surface area contributed by atoms with Crippen molar-refractivity contribution < 1.29 is 18.7 Å². The van der Waals surface area contributed by atoms with Gasteiger partial charge in [-0.3, -0.25) is 4.79 Å². The van der Waals surface area contributed by atoms with Gasteiger partial charge in [0.15, 0.2) is 5.75 Å². The van der Waals surface area contributed by atoms with Crippen LogP contribution in [0.1, 0.15) is 23.7 Å². The van der Waals surface area contributed by atoms with E-state index in [4.69, 9.17) is 9.47 Å². The minimum absolute atomic E-state index is 0.202. The van der Waals surface area contributed by atoms with Gasteiger partial charge < -0.3 is 14.5 Å². The van der Waals surface area contributed by atoms with E-state index < -0.39 is 17.2 Å². The van der Waals surface area contributed by atoms with E-state index in [1.807, 2.05) is 6.92 Å². The Morgan fingerprint density at radius 3 is 2.60 bits per heavy atom. The van der Waals surface area contributed by atoms with Crippen molar-refractivity contribution >= 4 is 16.9 Å². The molecule has 0 unspecified atom stereocenters. The molecule has 0 saturated carbocycles. The normalized spacial score (nSPS) is 10.6. The summed E-state index contributed by atoms with van der Waals surface area (Å²) in [6.45, 7) is 2.38. The van der Waals surface area contributed by atoms with Crippen molar-refractivity contribution in [3.8, 4) is 11.5 Å². The highest BCUT2D eigenvalue weighted by molar-refractivity contribution is 5.92. The number of aromatic amines is 1. The van der Waals surface area contributed by atoms with Gasteiger partial charge in [-0.15, -0.1) is 0 Å².